The van der Waals surface area contributed by atoms with Crippen LogP contribution in [0, 0.1) is 5.41 Å². The first-order valence-corrected chi connectivity index (χ1v) is 3.48. The van der Waals surface area contributed by atoms with E-state index in [9.17, 15) is 0 Å². The second kappa shape index (κ2) is 2.14. The molecule has 0 aliphatic heterocycles. The standard InChI is InChI=1S/C8H14O/c1-8(2)5-3-7(9)4-6-8/h3,5,7,9H,4,6H2,1-2H3. The van der Waals surface area contributed by atoms with Crippen LogP contribution in [0.5, 0.6) is 0 Å². The highest BCUT2D eigenvalue weighted by Gasteiger charge is 2.19. The SMILES string of the molecule is CC1(C)C=CC(O)CC1. The van der Waals surface area contributed by atoms with Crippen molar-refractivity contribution in [1.29, 1.82) is 0 Å². The first-order chi connectivity index (χ1) is 4.10. The first kappa shape index (κ1) is 6.81. The maximum absolute atomic E-state index is 9.05. The van der Waals surface area contributed by atoms with Gasteiger partial charge in [0, 0.05) is 0 Å². The first-order valence-electron chi connectivity index (χ1n) is 3.48. The van der Waals surface area contributed by atoms with Gasteiger partial charge in [-0.1, -0.05) is 26.0 Å². The Morgan fingerprint density at radius 2 is 2.22 bits per heavy atom. The number of rotatable bonds is 0. The Bertz CT molecular complexity index is 125. The van der Waals surface area contributed by atoms with Crippen LogP contribution in [0.25, 0.3) is 0 Å². The van der Waals surface area contributed by atoms with Gasteiger partial charge in [-0.2, -0.15) is 0 Å². The van der Waals surface area contributed by atoms with E-state index in [4.69, 9.17) is 5.11 Å². The molecule has 1 aliphatic carbocycles. The van der Waals surface area contributed by atoms with Gasteiger partial charge in [0.25, 0.3) is 0 Å². The molecule has 0 saturated carbocycles. The van der Waals surface area contributed by atoms with Gasteiger partial charge in [-0.3, -0.25) is 0 Å². The number of aliphatic hydroxyl groups excluding tert-OH is 1. The molecule has 1 N–H and O–H groups in total. The van der Waals surface area contributed by atoms with Gasteiger partial charge in [0.05, 0.1) is 6.10 Å². The number of aliphatic hydroxyl groups is 1. The Morgan fingerprint density at radius 1 is 1.56 bits per heavy atom. The molecule has 1 rings (SSSR count). The van der Waals surface area contributed by atoms with Gasteiger partial charge >= 0.3 is 0 Å². The lowest BCUT2D eigenvalue weighted by molar-refractivity contribution is 0.180. The van der Waals surface area contributed by atoms with Crippen molar-refractivity contribution in [2.75, 3.05) is 0 Å². The smallest absolute Gasteiger partial charge is 0.0721 e. The molecule has 0 spiro atoms. The minimum absolute atomic E-state index is 0.182. The minimum Gasteiger partial charge on any atom is -0.389 e. The van der Waals surface area contributed by atoms with Gasteiger partial charge in [-0.05, 0) is 18.3 Å². The van der Waals surface area contributed by atoms with Crippen molar-refractivity contribution in [3.63, 3.8) is 0 Å². The summed E-state index contributed by atoms with van der Waals surface area (Å²) in [5.41, 5.74) is 0.319. The highest BCUT2D eigenvalue weighted by atomic mass is 16.3. The van der Waals surface area contributed by atoms with E-state index < -0.39 is 0 Å². The quantitative estimate of drug-likeness (QED) is 0.490. The molecule has 1 unspecified atom stereocenters. The van der Waals surface area contributed by atoms with Gasteiger partial charge in [-0.15, -0.1) is 0 Å². The molecule has 1 atom stereocenters. The van der Waals surface area contributed by atoms with E-state index >= 15 is 0 Å². The summed E-state index contributed by atoms with van der Waals surface area (Å²) in [4.78, 5) is 0. The fourth-order valence-electron chi connectivity index (χ4n) is 1.07. The van der Waals surface area contributed by atoms with Crippen molar-refractivity contribution in [2.45, 2.75) is 32.8 Å². The summed E-state index contributed by atoms with van der Waals surface area (Å²) >= 11 is 0. The Labute approximate surface area is 56.4 Å². The van der Waals surface area contributed by atoms with E-state index in [0.717, 1.165) is 12.8 Å². The Balaban J connectivity index is 2.58. The largest absolute Gasteiger partial charge is 0.389 e. The van der Waals surface area contributed by atoms with E-state index in [-0.39, 0.29) is 6.10 Å². The fraction of sp³-hybridized carbons (Fsp3) is 0.750. The van der Waals surface area contributed by atoms with Crippen LogP contribution >= 0.6 is 0 Å². The third-order valence-electron chi connectivity index (χ3n) is 1.85. The second-order valence-corrected chi connectivity index (χ2v) is 3.45. The van der Waals surface area contributed by atoms with Crippen LogP contribution in [-0.4, -0.2) is 11.2 Å². The van der Waals surface area contributed by atoms with Crippen LogP contribution in [0.3, 0.4) is 0 Å². The highest BCUT2D eigenvalue weighted by Crippen LogP contribution is 2.28. The molecule has 0 aromatic heterocycles. The summed E-state index contributed by atoms with van der Waals surface area (Å²) in [6.45, 7) is 4.38. The van der Waals surface area contributed by atoms with Crippen LogP contribution in [0.15, 0.2) is 12.2 Å². The topological polar surface area (TPSA) is 20.2 Å². The van der Waals surface area contributed by atoms with Crippen LogP contribution in [0.2, 0.25) is 0 Å². The van der Waals surface area contributed by atoms with Crippen molar-refractivity contribution in [3.05, 3.63) is 12.2 Å². The van der Waals surface area contributed by atoms with Crippen LogP contribution in [-0.2, 0) is 0 Å². The van der Waals surface area contributed by atoms with Gasteiger partial charge in [0.15, 0.2) is 0 Å². The zero-order valence-electron chi connectivity index (χ0n) is 6.09. The van der Waals surface area contributed by atoms with E-state index in [1.54, 1.807) is 0 Å². The molecule has 1 heteroatoms. The minimum atomic E-state index is -0.182. The molecule has 1 nitrogen and oxygen atoms in total. The Kier molecular flexibility index (Phi) is 1.62. The molecule has 1 aliphatic rings. The van der Waals surface area contributed by atoms with Gasteiger partial charge in [-0.25, -0.2) is 0 Å². The van der Waals surface area contributed by atoms with E-state index in [1.807, 2.05) is 6.08 Å². The van der Waals surface area contributed by atoms with E-state index in [0.29, 0.717) is 5.41 Å². The van der Waals surface area contributed by atoms with Gasteiger partial charge in [0.2, 0.25) is 0 Å². The van der Waals surface area contributed by atoms with Crippen molar-refractivity contribution in [3.8, 4) is 0 Å². The number of hydrogen-bond donors (Lipinski definition) is 1. The summed E-state index contributed by atoms with van der Waals surface area (Å²) in [6.07, 6.45) is 5.83. The lowest BCUT2D eigenvalue weighted by Crippen LogP contribution is -2.18. The third kappa shape index (κ3) is 1.83. The monoisotopic (exact) mass is 126 g/mol. The molecule has 0 aromatic carbocycles. The molecular formula is C8H14O. The Hall–Kier alpha value is -0.300. The summed E-state index contributed by atoms with van der Waals surface area (Å²) in [6, 6.07) is 0. The lowest BCUT2D eigenvalue weighted by Gasteiger charge is -2.25. The third-order valence-corrected chi connectivity index (χ3v) is 1.85. The average molecular weight is 126 g/mol. The summed E-state index contributed by atoms with van der Waals surface area (Å²) in [7, 11) is 0. The molecule has 0 saturated heterocycles. The molecule has 9 heavy (non-hydrogen) atoms. The number of allylic oxidation sites excluding steroid dienone is 1. The zero-order chi connectivity index (χ0) is 6.91. The number of hydrogen-bond acceptors (Lipinski definition) is 1. The molecule has 0 fully saturated rings. The highest BCUT2D eigenvalue weighted by molar-refractivity contribution is 5.02. The summed E-state index contributed by atoms with van der Waals surface area (Å²) in [5.74, 6) is 0. The van der Waals surface area contributed by atoms with Crippen molar-refractivity contribution in [1.82, 2.24) is 0 Å². The van der Waals surface area contributed by atoms with E-state index in [2.05, 4.69) is 19.9 Å². The predicted molar refractivity (Wildman–Crippen MR) is 38.2 cm³/mol. The maximum Gasteiger partial charge on any atom is 0.0721 e. The van der Waals surface area contributed by atoms with E-state index in [1.165, 1.54) is 0 Å². The maximum atomic E-state index is 9.05. The molecule has 0 aromatic rings. The lowest BCUT2D eigenvalue weighted by atomic mass is 9.82. The normalized spacial score (nSPS) is 32.6. The van der Waals surface area contributed by atoms with Crippen LogP contribution < -0.4 is 0 Å². The summed E-state index contributed by atoms with van der Waals surface area (Å²) < 4.78 is 0. The average Bonchev–Trinajstić information content (AvgIpc) is 1.78. The molecule has 0 heterocycles. The van der Waals surface area contributed by atoms with Crippen molar-refractivity contribution in [2.24, 2.45) is 5.41 Å². The van der Waals surface area contributed by atoms with Crippen LogP contribution in [0.4, 0.5) is 0 Å². The second-order valence-electron chi connectivity index (χ2n) is 3.45. The molecule has 0 bridgehead atoms. The fourth-order valence-corrected chi connectivity index (χ4v) is 1.07. The Morgan fingerprint density at radius 3 is 2.56 bits per heavy atom. The molecule has 52 valence electrons. The van der Waals surface area contributed by atoms with Crippen molar-refractivity contribution < 1.29 is 5.11 Å². The molecule has 0 amide bonds. The summed E-state index contributed by atoms with van der Waals surface area (Å²) in [5, 5.41) is 9.05. The molecular weight excluding hydrogens is 112 g/mol. The predicted octanol–water partition coefficient (Wildman–Crippen LogP) is 1.72. The molecule has 0 radical (unpaired) electrons. The van der Waals surface area contributed by atoms with Gasteiger partial charge in [0.1, 0.15) is 0 Å². The van der Waals surface area contributed by atoms with Crippen LogP contribution in [0.1, 0.15) is 26.7 Å². The van der Waals surface area contributed by atoms with Crippen molar-refractivity contribution >= 4 is 0 Å². The van der Waals surface area contributed by atoms with Gasteiger partial charge < -0.3 is 5.11 Å². The zero-order valence-corrected chi connectivity index (χ0v) is 6.09.